The highest BCUT2D eigenvalue weighted by atomic mass is 19.1. The zero-order chi connectivity index (χ0) is 13.3. The summed E-state index contributed by atoms with van der Waals surface area (Å²) in [5, 5.41) is 0. The summed E-state index contributed by atoms with van der Waals surface area (Å²) in [6.45, 7) is 5.70. The minimum Gasteiger partial charge on any atom is -0.385 e. The second-order valence-electron chi connectivity index (χ2n) is 4.19. The fourth-order valence-corrected chi connectivity index (χ4v) is 2.03. The van der Waals surface area contributed by atoms with Crippen molar-refractivity contribution in [3.63, 3.8) is 0 Å². The molecule has 18 heavy (non-hydrogen) atoms. The van der Waals surface area contributed by atoms with E-state index in [0.717, 1.165) is 5.56 Å². The van der Waals surface area contributed by atoms with Gasteiger partial charge in [0, 0.05) is 12.1 Å². The average Bonchev–Trinajstić information content (AvgIpc) is 2.58. The number of hydrogen-bond donors (Lipinski definition) is 1. The van der Waals surface area contributed by atoms with E-state index in [9.17, 15) is 9.18 Å². The van der Waals surface area contributed by atoms with E-state index in [1.54, 1.807) is 18.2 Å². The molecule has 2 N–H and O–H groups in total. The SMILES string of the molecule is C=CCN1C(=O)N=C(N)C1c1cc(C)ccc1F. The lowest BCUT2D eigenvalue weighted by atomic mass is 10.0. The Kier molecular flexibility index (Phi) is 3.14. The normalized spacial score (nSPS) is 19.0. The Morgan fingerprint density at radius 3 is 3.00 bits per heavy atom. The summed E-state index contributed by atoms with van der Waals surface area (Å²) in [6, 6.07) is 3.61. The molecule has 1 aromatic carbocycles. The first-order chi connectivity index (χ1) is 8.54. The maximum absolute atomic E-state index is 13.9. The lowest BCUT2D eigenvalue weighted by molar-refractivity contribution is 0.212. The highest BCUT2D eigenvalue weighted by molar-refractivity contribution is 6.03. The van der Waals surface area contributed by atoms with Crippen LogP contribution in [-0.2, 0) is 0 Å². The van der Waals surface area contributed by atoms with Crippen LogP contribution in [0.1, 0.15) is 17.2 Å². The molecule has 2 rings (SSSR count). The minimum atomic E-state index is -0.643. The molecule has 1 aromatic rings. The van der Waals surface area contributed by atoms with Gasteiger partial charge in [0.1, 0.15) is 17.7 Å². The van der Waals surface area contributed by atoms with Gasteiger partial charge in [0.15, 0.2) is 0 Å². The van der Waals surface area contributed by atoms with Crippen LogP contribution >= 0.6 is 0 Å². The monoisotopic (exact) mass is 247 g/mol. The number of carbonyl (C=O) groups is 1. The first-order valence-corrected chi connectivity index (χ1v) is 5.56. The van der Waals surface area contributed by atoms with E-state index >= 15 is 0 Å². The standard InChI is InChI=1S/C13H14FN3O/c1-3-6-17-11(12(15)16-13(17)18)9-7-8(2)4-5-10(9)14/h3-5,7,11H,1,6H2,2H3,(H2,15,16,18). The Hall–Kier alpha value is -2.17. The molecule has 0 saturated carbocycles. The summed E-state index contributed by atoms with van der Waals surface area (Å²) in [6.07, 6.45) is 1.56. The number of benzene rings is 1. The molecule has 0 bridgehead atoms. The van der Waals surface area contributed by atoms with Gasteiger partial charge in [-0.2, -0.15) is 4.99 Å². The van der Waals surface area contributed by atoms with Gasteiger partial charge >= 0.3 is 6.03 Å². The van der Waals surface area contributed by atoms with Gasteiger partial charge in [0.25, 0.3) is 0 Å². The number of nitrogens with zero attached hydrogens (tertiary/aromatic N) is 2. The highest BCUT2D eigenvalue weighted by Gasteiger charge is 2.35. The molecule has 1 aliphatic heterocycles. The number of urea groups is 1. The van der Waals surface area contributed by atoms with Crippen LogP contribution in [0.3, 0.4) is 0 Å². The molecular weight excluding hydrogens is 233 g/mol. The van der Waals surface area contributed by atoms with E-state index in [1.807, 2.05) is 6.92 Å². The van der Waals surface area contributed by atoms with Gasteiger partial charge in [-0.1, -0.05) is 23.8 Å². The van der Waals surface area contributed by atoms with Crippen LogP contribution in [-0.4, -0.2) is 23.3 Å². The van der Waals surface area contributed by atoms with Crippen LogP contribution < -0.4 is 5.73 Å². The highest BCUT2D eigenvalue weighted by Crippen LogP contribution is 2.29. The van der Waals surface area contributed by atoms with Crippen molar-refractivity contribution in [2.75, 3.05) is 6.54 Å². The van der Waals surface area contributed by atoms with E-state index in [2.05, 4.69) is 11.6 Å². The Labute approximate surface area is 105 Å². The van der Waals surface area contributed by atoms with Crippen LogP contribution in [0.25, 0.3) is 0 Å². The number of nitrogens with two attached hydrogens (primary N) is 1. The number of hydrogen-bond acceptors (Lipinski definition) is 2. The van der Waals surface area contributed by atoms with Crippen molar-refractivity contribution in [1.82, 2.24) is 4.90 Å². The molecule has 94 valence electrons. The Balaban J connectivity index is 2.47. The Morgan fingerprint density at radius 2 is 2.33 bits per heavy atom. The molecule has 5 heteroatoms. The quantitative estimate of drug-likeness (QED) is 0.832. The van der Waals surface area contributed by atoms with Gasteiger partial charge in [0.2, 0.25) is 0 Å². The van der Waals surface area contributed by atoms with Crippen molar-refractivity contribution in [2.45, 2.75) is 13.0 Å². The summed E-state index contributed by atoms with van der Waals surface area (Å²) in [4.78, 5) is 16.7. The molecule has 1 aliphatic rings. The predicted octanol–water partition coefficient (Wildman–Crippen LogP) is 2.15. The van der Waals surface area contributed by atoms with Crippen LogP contribution in [0.5, 0.6) is 0 Å². The summed E-state index contributed by atoms with van der Waals surface area (Å²) < 4.78 is 13.9. The summed E-state index contributed by atoms with van der Waals surface area (Å²) in [7, 11) is 0. The first-order valence-electron chi connectivity index (χ1n) is 5.56. The fourth-order valence-electron chi connectivity index (χ4n) is 2.03. The van der Waals surface area contributed by atoms with Gasteiger partial charge in [-0.05, 0) is 13.0 Å². The number of aryl methyl sites for hydroxylation is 1. The first kappa shape index (κ1) is 12.3. The molecule has 2 amide bonds. The predicted molar refractivity (Wildman–Crippen MR) is 67.8 cm³/mol. The van der Waals surface area contributed by atoms with E-state index in [0.29, 0.717) is 5.56 Å². The van der Waals surface area contributed by atoms with E-state index < -0.39 is 17.9 Å². The second-order valence-corrected chi connectivity index (χ2v) is 4.19. The molecular formula is C13H14FN3O. The van der Waals surface area contributed by atoms with E-state index in [1.165, 1.54) is 11.0 Å². The maximum atomic E-state index is 13.9. The lowest BCUT2D eigenvalue weighted by Gasteiger charge is -2.23. The van der Waals surface area contributed by atoms with Gasteiger partial charge in [-0.15, -0.1) is 6.58 Å². The van der Waals surface area contributed by atoms with Crippen molar-refractivity contribution in [2.24, 2.45) is 10.7 Å². The van der Waals surface area contributed by atoms with E-state index in [4.69, 9.17) is 5.73 Å². The van der Waals surface area contributed by atoms with Crippen molar-refractivity contribution >= 4 is 11.9 Å². The van der Waals surface area contributed by atoms with Gasteiger partial charge in [-0.25, -0.2) is 9.18 Å². The summed E-state index contributed by atoms with van der Waals surface area (Å²) >= 11 is 0. The topological polar surface area (TPSA) is 58.7 Å². The van der Waals surface area contributed by atoms with Crippen LogP contribution in [0.15, 0.2) is 35.8 Å². The lowest BCUT2D eigenvalue weighted by Crippen LogP contribution is -2.34. The molecule has 0 saturated heterocycles. The molecule has 0 spiro atoms. The molecule has 1 heterocycles. The fraction of sp³-hybridized carbons (Fsp3) is 0.231. The molecule has 4 nitrogen and oxygen atoms in total. The largest absolute Gasteiger partial charge is 0.385 e. The number of halogens is 1. The smallest absolute Gasteiger partial charge is 0.346 e. The zero-order valence-corrected chi connectivity index (χ0v) is 10.1. The number of carbonyl (C=O) groups excluding carboxylic acids is 1. The van der Waals surface area contributed by atoms with Crippen LogP contribution in [0.2, 0.25) is 0 Å². The average molecular weight is 247 g/mol. The molecule has 0 radical (unpaired) electrons. The third-order valence-electron chi connectivity index (χ3n) is 2.83. The second kappa shape index (κ2) is 4.60. The van der Waals surface area contributed by atoms with Crippen molar-refractivity contribution in [1.29, 1.82) is 0 Å². The zero-order valence-electron chi connectivity index (χ0n) is 10.1. The van der Waals surface area contributed by atoms with Gasteiger partial charge in [0.05, 0.1) is 0 Å². The van der Waals surface area contributed by atoms with Crippen LogP contribution in [0.4, 0.5) is 9.18 Å². The summed E-state index contributed by atoms with van der Waals surface area (Å²) in [5.74, 6) is -0.279. The number of amidine groups is 1. The number of amides is 2. The molecule has 0 aliphatic carbocycles. The Bertz CT molecular complexity index is 539. The van der Waals surface area contributed by atoms with Gasteiger partial charge < -0.3 is 10.6 Å². The van der Waals surface area contributed by atoms with Crippen molar-refractivity contribution in [3.8, 4) is 0 Å². The summed E-state index contributed by atoms with van der Waals surface area (Å²) in [5.41, 5.74) is 6.99. The molecule has 1 unspecified atom stereocenters. The van der Waals surface area contributed by atoms with Crippen molar-refractivity contribution in [3.05, 3.63) is 47.8 Å². The number of rotatable bonds is 3. The molecule has 0 fully saturated rings. The van der Waals surface area contributed by atoms with Crippen LogP contribution in [0, 0.1) is 12.7 Å². The maximum Gasteiger partial charge on any atom is 0.346 e. The Morgan fingerprint density at radius 1 is 1.61 bits per heavy atom. The van der Waals surface area contributed by atoms with E-state index in [-0.39, 0.29) is 12.4 Å². The minimum absolute atomic E-state index is 0.117. The molecule has 1 atom stereocenters. The molecule has 0 aromatic heterocycles. The van der Waals surface area contributed by atoms with Crippen molar-refractivity contribution < 1.29 is 9.18 Å². The third-order valence-corrected chi connectivity index (χ3v) is 2.83. The number of aliphatic imine (C=N–C) groups is 1. The van der Waals surface area contributed by atoms with Gasteiger partial charge in [-0.3, -0.25) is 0 Å². The third kappa shape index (κ3) is 1.99.